The van der Waals surface area contributed by atoms with Crippen molar-refractivity contribution in [1.29, 1.82) is 0 Å². The molecule has 8 rings (SSSR count). The Labute approximate surface area is 138 Å². The Morgan fingerprint density at radius 1 is 1.22 bits per heavy atom. The zero-order chi connectivity index (χ0) is 15.4. The van der Waals surface area contributed by atoms with Gasteiger partial charge in [-0.05, 0) is 86.5 Å². The average molecular weight is 310 g/mol. The lowest BCUT2D eigenvalue weighted by atomic mass is 9.42. The molecule has 2 heteroatoms. The lowest BCUT2D eigenvalue weighted by molar-refractivity contribution is -0.157. The van der Waals surface area contributed by atoms with Gasteiger partial charge in [0.15, 0.2) is 5.78 Å². The highest BCUT2D eigenvalue weighted by Gasteiger charge is 2.93. The maximum absolute atomic E-state index is 12.0. The standard InChI is InChI=1S/C21H26O2/c1-18-5-3-12(22)7-16(18)13-8-14(13)17-15(18)4-6-21-19(2,23-21)11-9-20(17,21)10-11/h7,11,13-15,17H,3-6,8-10H2,1-2H3/t11?,13?,14?,15?,17?,18?,19-,20?,21-/m0/s1. The van der Waals surface area contributed by atoms with E-state index in [1.54, 1.807) is 5.57 Å². The van der Waals surface area contributed by atoms with Crippen LogP contribution in [0.2, 0.25) is 0 Å². The smallest absolute Gasteiger partial charge is 0.155 e. The fourth-order valence-electron chi connectivity index (χ4n) is 9.16. The third-order valence-corrected chi connectivity index (χ3v) is 10.2. The molecule has 7 fully saturated rings. The lowest BCUT2D eigenvalue weighted by Crippen LogP contribution is -2.59. The summed E-state index contributed by atoms with van der Waals surface area (Å²) in [5.74, 6) is 4.61. The summed E-state index contributed by atoms with van der Waals surface area (Å²) in [6.45, 7) is 4.94. The summed E-state index contributed by atoms with van der Waals surface area (Å²) in [6, 6.07) is 0. The number of carbonyl (C=O) groups is 1. The van der Waals surface area contributed by atoms with Crippen molar-refractivity contribution in [2.75, 3.05) is 0 Å². The molecule has 0 aromatic heterocycles. The summed E-state index contributed by atoms with van der Waals surface area (Å²) in [6.07, 6.45) is 10.9. The minimum atomic E-state index is 0.252. The molecule has 2 nitrogen and oxygen atoms in total. The fourth-order valence-corrected chi connectivity index (χ4v) is 9.16. The number of allylic oxidation sites excluding steroid dienone is 1. The molecule has 8 aliphatic rings. The zero-order valence-corrected chi connectivity index (χ0v) is 14.2. The molecule has 0 aromatic rings. The number of ketones is 1. The number of fused-ring (bicyclic) bond motifs is 6. The van der Waals surface area contributed by atoms with Crippen LogP contribution in [0.5, 0.6) is 0 Å². The third-order valence-electron chi connectivity index (χ3n) is 10.2. The first-order chi connectivity index (χ1) is 11.0. The molecule has 1 saturated heterocycles. The van der Waals surface area contributed by atoms with Gasteiger partial charge in [0, 0.05) is 11.8 Å². The molecule has 0 amide bonds. The van der Waals surface area contributed by atoms with Gasteiger partial charge in [-0.3, -0.25) is 4.79 Å². The Kier molecular flexibility index (Phi) is 1.72. The summed E-state index contributed by atoms with van der Waals surface area (Å²) >= 11 is 0. The van der Waals surface area contributed by atoms with E-state index in [2.05, 4.69) is 19.9 Å². The molecule has 2 bridgehead atoms. The second-order valence-electron chi connectivity index (χ2n) is 10.5. The third kappa shape index (κ3) is 1.00. The van der Waals surface area contributed by atoms with Gasteiger partial charge in [-0.2, -0.15) is 0 Å². The van der Waals surface area contributed by atoms with Crippen molar-refractivity contribution in [2.45, 2.75) is 70.0 Å². The summed E-state index contributed by atoms with van der Waals surface area (Å²) in [5, 5.41) is 0. The van der Waals surface area contributed by atoms with E-state index in [9.17, 15) is 4.79 Å². The Hall–Kier alpha value is -0.630. The van der Waals surface area contributed by atoms with Crippen LogP contribution in [-0.2, 0) is 9.53 Å². The molecule has 0 aromatic carbocycles. The molecule has 1 aliphatic heterocycles. The monoisotopic (exact) mass is 310 g/mol. The molecule has 122 valence electrons. The van der Waals surface area contributed by atoms with Crippen LogP contribution >= 0.6 is 0 Å². The van der Waals surface area contributed by atoms with E-state index in [-0.39, 0.29) is 11.2 Å². The summed E-state index contributed by atoms with van der Waals surface area (Å²) in [7, 11) is 0. The van der Waals surface area contributed by atoms with Crippen molar-refractivity contribution in [1.82, 2.24) is 0 Å². The van der Waals surface area contributed by atoms with Crippen molar-refractivity contribution in [3.8, 4) is 0 Å². The van der Waals surface area contributed by atoms with Crippen molar-refractivity contribution in [2.24, 2.45) is 40.4 Å². The van der Waals surface area contributed by atoms with Crippen LogP contribution in [0, 0.1) is 40.4 Å². The quantitative estimate of drug-likeness (QED) is 0.635. The lowest BCUT2D eigenvalue weighted by Gasteiger charge is -2.62. The van der Waals surface area contributed by atoms with Gasteiger partial charge in [0.2, 0.25) is 0 Å². The highest BCUT2D eigenvalue weighted by atomic mass is 16.6. The van der Waals surface area contributed by atoms with Crippen molar-refractivity contribution < 1.29 is 9.53 Å². The second kappa shape index (κ2) is 3.11. The van der Waals surface area contributed by atoms with E-state index in [0.717, 1.165) is 42.4 Å². The first-order valence-electron chi connectivity index (χ1n) is 9.90. The highest BCUT2D eigenvalue weighted by molar-refractivity contribution is 5.92. The van der Waals surface area contributed by atoms with Gasteiger partial charge in [-0.25, -0.2) is 0 Å². The first kappa shape index (κ1) is 12.7. The molecule has 23 heavy (non-hydrogen) atoms. The largest absolute Gasteiger partial charge is 0.362 e. The number of carbonyl (C=O) groups excluding carboxylic acids is 1. The van der Waals surface area contributed by atoms with Crippen LogP contribution in [-0.4, -0.2) is 17.0 Å². The molecule has 0 N–H and O–H groups in total. The Morgan fingerprint density at radius 2 is 2.04 bits per heavy atom. The van der Waals surface area contributed by atoms with E-state index in [1.807, 2.05) is 0 Å². The maximum atomic E-state index is 12.0. The van der Waals surface area contributed by atoms with Crippen LogP contribution in [0.15, 0.2) is 11.6 Å². The van der Waals surface area contributed by atoms with Crippen molar-refractivity contribution in [3.63, 3.8) is 0 Å². The van der Waals surface area contributed by atoms with Gasteiger partial charge in [0.25, 0.3) is 0 Å². The second-order valence-corrected chi connectivity index (χ2v) is 10.5. The summed E-state index contributed by atoms with van der Waals surface area (Å²) in [4.78, 5) is 12.0. The Bertz CT molecular complexity index is 715. The Morgan fingerprint density at radius 3 is 2.83 bits per heavy atom. The first-order valence-corrected chi connectivity index (χ1v) is 9.90. The van der Waals surface area contributed by atoms with Gasteiger partial charge in [-0.15, -0.1) is 0 Å². The van der Waals surface area contributed by atoms with E-state index in [4.69, 9.17) is 4.74 Å². The normalized spacial score (nSPS) is 69.4. The predicted molar refractivity (Wildman–Crippen MR) is 85.6 cm³/mol. The van der Waals surface area contributed by atoms with Gasteiger partial charge in [0.1, 0.15) is 5.60 Å². The molecule has 1 heterocycles. The van der Waals surface area contributed by atoms with Gasteiger partial charge in [-0.1, -0.05) is 12.5 Å². The molecule has 0 radical (unpaired) electrons. The zero-order valence-electron chi connectivity index (χ0n) is 14.2. The molecule has 7 aliphatic carbocycles. The molecular formula is C21H26O2. The predicted octanol–water partition coefficient (Wildman–Crippen LogP) is 3.90. The molecule has 7 atom stereocenters. The number of hydrogen-bond donors (Lipinski definition) is 0. The van der Waals surface area contributed by atoms with E-state index < -0.39 is 0 Å². The SMILES string of the molecule is CC12CCC(=O)C=C1C1CC1C1C2CC[C@]23O[C@@]2(C)C2CC13C2. The average Bonchev–Trinajstić information content (AvgIpc) is 3.34. The van der Waals surface area contributed by atoms with Crippen LogP contribution < -0.4 is 0 Å². The number of ether oxygens (including phenoxy) is 1. The minimum absolute atomic E-state index is 0.252. The Balaban J connectivity index is 1.39. The number of hydrogen-bond acceptors (Lipinski definition) is 2. The van der Waals surface area contributed by atoms with Crippen LogP contribution in [0.4, 0.5) is 0 Å². The van der Waals surface area contributed by atoms with Crippen molar-refractivity contribution in [3.05, 3.63) is 11.6 Å². The topological polar surface area (TPSA) is 29.6 Å². The summed E-state index contributed by atoms with van der Waals surface area (Å²) in [5.41, 5.74) is 2.96. The maximum Gasteiger partial charge on any atom is 0.155 e. The van der Waals surface area contributed by atoms with Gasteiger partial charge in [0.05, 0.1) is 5.60 Å². The van der Waals surface area contributed by atoms with Gasteiger partial charge >= 0.3 is 0 Å². The highest BCUT2D eigenvalue weighted by Crippen LogP contribution is 2.90. The van der Waals surface area contributed by atoms with Crippen molar-refractivity contribution >= 4 is 5.78 Å². The minimum Gasteiger partial charge on any atom is -0.362 e. The van der Waals surface area contributed by atoms with Gasteiger partial charge < -0.3 is 4.74 Å². The molecule has 6 saturated carbocycles. The molecule has 5 unspecified atom stereocenters. The van der Waals surface area contributed by atoms with Crippen LogP contribution in [0.3, 0.4) is 0 Å². The molecule has 2 spiro atoms. The summed E-state index contributed by atoms with van der Waals surface area (Å²) < 4.78 is 6.52. The fraction of sp³-hybridized carbons (Fsp3) is 0.857. The number of epoxide rings is 1. The molecular weight excluding hydrogens is 284 g/mol. The van der Waals surface area contributed by atoms with E-state index in [1.165, 1.54) is 32.1 Å². The number of rotatable bonds is 0. The van der Waals surface area contributed by atoms with E-state index >= 15 is 0 Å². The van der Waals surface area contributed by atoms with E-state index in [0.29, 0.717) is 16.6 Å². The van der Waals surface area contributed by atoms with Crippen LogP contribution in [0.25, 0.3) is 0 Å². The van der Waals surface area contributed by atoms with Crippen LogP contribution in [0.1, 0.15) is 58.8 Å².